The highest BCUT2D eigenvalue weighted by Crippen LogP contribution is 2.15. The number of aliphatic hydroxyl groups excluding tert-OH is 3. The normalized spacial score (nSPS) is 11.4. The average Bonchev–Trinajstić information content (AvgIpc) is 3.11. The highest BCUT2D eigenvalue weighted by Gasteiger charge is 2.09. The Hall–Kier alpha value is -1.56. The van der Waals surface area contributed by atoms with E-state index in [2.05, 4.69) is 0 Å². The Bertz CT molecular complexity index is 468. The number of rotatable bonds is 8. The zero-order valence-electron chi connectivity index (χ0n) is 11.3. The second kappa shape index (κ2) is 7.28. The lowest BCUT2D eigenvalue weighted by atomic mass is 10.1. The largest absolute Gasteiger partial charge is 0.464 e. The van der Waals surface area contributed by atoms with Gasteiger partial charge in [0, 0.05) is 12.8 Å². The van der Waals surface area contributed by atoms with E-state index in [1.54, 1.807) is 12.1 Å². The van der Waals surface area contributed by atoms with Gasteiger partial charge < -0.3 is 24.2 Å². The fourth-order valence-corrected chi connectivity index (χ4v) is 2.05. The van der Waals surface area contributed by atoms with Crippen LogP contribution < -0.4 is 0 Å². The maximum atomic E-state index is 9.92. The molecule has 0 aliphatic rings. The fourth-order valence-electron chi connectivity index (χ4n) is 2.05. The van der Waals surface area contributed by atoms with Crippen molar-refractivity contribution >= 4 is 0 Å². The quantitative estimate of drug-likeness (QED) is 0.686. The van der Waals surface area contributed by atoms with Gasteiger partial charge in [-0.05, 0) is 37.1 Å². The first kappa shape index (κ1) is 14.8. The molecule has 0 aliphatic heterocycles. The minimum atomic E-state index is -0.430. The van der Waals surface area contributed by atoms with Crippen LogP contribution in [0.15, 0.2) is 33.1 Å². The SMILES string of the molecule is OCc1ccc(CCC(O)CCc2ccc(CO)o2)o1. The number of hydrogen-bond donors (Lipinski definition) is 3. The van der Waals surface area contributed by atoms with E-state index < -0.39 is 6.10 Å². The summed E-state index contributed by atoms with van der Waals surface area (Å²) in [5, 5.41) is 27.7. The smallest absolute Gasteiger partial charge is 0.129 e. The molecule has 2 aromatic heterocycles. The number of furan rings is 2. The predicted octanol–water partition coefficient (Wildman–Crippen LogP) is 1.78. The summed E-state index contributed by atoms with van der Waals surface area (Å²) in [7, 11) is 0. The summed E-state index contributed by atoms with van der Waals surface area (Å²) in [5.41, 5.74) is 0. The van der Waals surface area contributed by atoms with Crippen molar-refractivity contribution in [3.8, 4) is 0 Å². The predicted molar refractivity (Wildman–Crippen MR) is 71.9 cm³/mol. The molecule has 2 rings (SSSR count). The van der Waals surface area contributed by atoms with Gasteiger partial charge in [-0.2, -0.15) is 0 Å². The molecule has 0 fully saturated rings. The summed E-state index contributed by atoms with van der Waals surface area (Å²) in [6.45, 7) is -0.206. The molecule has 0 bridgehead atoms. The van der Waals surface area contributed by atoms with Gasteiger partial charge in [0.15, 0.2) is 0 Å². The van der Waals surface area contributed by atoms with Crippen molar-refractivity contribution in [2.24, 2.45) is 0 Å². The van der Waals surface area contributed by atoms with Crippen molar-refractivity contribution < 1.29 is 24.2 Å². The molecule has 0 amide bonds. The van der Waals surface area contributed by atoms with Crippen molar-refractivity contribution in [2.75, 3.05) is 0 Å². The number of aliphatic hydroxyl groups is 3. The van der Waals surface area contributed by atoms with Crippen LogP contribution in [0.3, 0.4) is 0 Å². The molecule has 0 saturated carbocycles. The summed E-state index contributed by atoms with van der Waals surface area (Å²) >= 11 is 0. The molecule has 110 valence electrons. The lowest BCUT2D eigenvalue weighted by Gasteiger charge is -2.08. The van der Waals surface area contributed by atoms with E-state index in [9.17, 15) is 5.11 Å². The first-order valence-electron chi connectivity index (χ1n) is 6.76. The van der Waals surface area contributed by atoms with Crippen LogP contribution in [0, 0.1) is 0 Å². The first-order chi connectivity index (χ1) is 9.71. The highest BCUT2D eigenvalue weighted by molar-refractivity contribution is 5.07. The third kappa shape index (κ3) is 4.23. The van der Waals surface area contributed by atoms with E-state index >= 15 is 0 Å². The summed E-state index contributed by atoms with van der Waals surface area (Å²) in [5.74, 6) is 2.63. The summed E-state index contributed by atoms with van der Waals surface area (Å²) in [4.78, 5) is 0. The van der Waals surface area contributed by atoms with Crippen LogP contribution >= 0.6 is 0 Å². The molecule has 0 radical (unpaired) electrons. The molecule has 20 heavy (non-hydrogen) atoms. The average molecular weight is 280 g/mol. The van der Waals surface area contributed by atoms with E-state index in [0.29, 0.717) is 37.2 Å². The molecule has 0 atom stereocenters. The standard InChI is InChI=1S/C15H20O5/c16-9-14-7-5-12(19-14)3-1-11(18)2-4-13-6-8-15(10-17)20-13/h5-8,11,16-18H,1-4,9-10H2. The van der Waals surface area contributed by atoms with Crippen molar-refractivity contribution in [1.29, 1.82) is 0 Å². The Balaban J connectivity index is 1.70. The van der Waals surface area contributed by atoms with Crippen molar-refractivity contribution in [3.05, 3.63) is 47.3 Å². The summed E-state index contributed by atoms with van der Waals surface area (Å²) < 4.78 is 10.7. The summed E-state index contributed by atoms with van der Waals surface area (Å²) in [6, 6.07) is 7.11. The topological polar surface area (TPSA) is 87.0 Å². The molecular formula is C15H20O5. The van der Waals surface area contributed by atoms with Gasteiger partial charge in [0.2, 0.25) is 0 Å². The van der Waals surface area contributed by atoms with Gasteiger partial charge in [-0.15, -0.1) is 0 Å². The first-order valence-corrected chi connectivity index (χ1v) is 6.76. The van der Waals surface area contributed by atoms with Crippen LogP contribution in [0.1, 0.15) is 35.9 Å². The fraction of sp³-hybridized carbons (Fsp3) is 0.467. The molecule has 2 heterocycles. The van der Waals surface area contributed by atoms with E-state index in [0.717, 1.165) is 11.5 Å². The molecule has 3 N–H and O–H groups in total. The van der Waals surface area contributed by atoms with Crippen molar-refractivity contribution in [3.63, 3.8) is 0 Å². The minimum absolute atomic E-state index is 0.103. The Morgan fingerprint density at radius 3 is 1.50 bits per heavy atom. The van der Waals surface area contributed by atoms with Crippen LogP contribution in [-0.4, -0.2) is 21.4 Å². The van der Waals surface area contributed by atoms with E-state index in [4.69, 9.17) is 19.0 Å². The lowest BCUT2D eigenvalue weighted by molar-refractivity contribution is 0.149. The molecule has 5 nitrogen and oxygen atoms in total. The van der Waals surface area contributed by atoms with Gasteiger partial charge >= 0.3 is 0 Å². The van der Waals surface area contributed by atoms with Gasteiger partial charge in [0.05, 0.1) is 6.10 Å². The molecule has 0 unspecified atom stereocenters. The van der Waals surface area contributed by atoms with E-state index in [-0.39, 0.29) is 13.2 Å². The highest BCUT2D eigenvalue weighted by atomic mass is 16.4. The van der Waals surface area contributed by atoms with Crippen molar-refractivity contribution in [2.45, 2.75) is 45.0 Å². The Kier molecular flexibility index (Phi) is 5.40. The molecule has 0 aliphatic carbocycles. The zero-order valence-corrected chi connectivity index (χ0v) is 11.3. The Labute approximate surface area is 117 Å². The molecule has 2 aromatic rings. The summed E-state index contributed by atoms with van der Waals surface area (Å²) in [6.07, 6.45) is 2.06. The van der Waals surface area contributed by atoms with Crippen LogP contribution in [0.4, 0.5) is 0 Å². The van der Waals surface area contributed by atoms with Gasteiger partial charge in [-0.3, -0.25) is 0 Å². The van der Waals surface area contributed by atoms with E-state index in [1.807, 2.05) is 12.1 Å². The minimum Gasteiger partial charge on any atom is -0.464 e. The monoisotopic (exact) mass is 280 g/mol. The van der Waals surface area contributed by atoms with Gasteiger partial charge in [0.25, 0.3) is 0 Å². The van der Waals surface area contributed by atoms with Crippen LogP contribution in [0.2, 0.25) is 0 Å². The Morgan fingerprint density at radius 2 is 1.15 bits per heavy atom. The molecule has 0 spiro atoms. The van der Waals surface area contributed by atoms with Crippen LogP contribution in [0.25, 0.3) is 0 Å². The molecule has 0 saturated heterocycles. The lowest BCUT2D eigenvalue weighted by Crippen LogP contribution is -2.08. The zero-order chi connectivity index (χ0) is 14.4. The van der Waals surface area contributed by atoms with Gasteiger partial charge in [0.1, 0.15) is 36.3 Å². The third-order valence-corrected chi connectivity index (χ3v) is 3.19. The molecule has 0 aromatic carbocycles. The second-order valence-electron chi connectivity index (χ2n) is 4.78. The van der Waals surface area contributed by atoms with Crippen LogP contribution in [-0.2, 0) is 26.1 Å². The number of aryl methyl sites for hydroxylation is 2. The molecule has 5 heteroatoms. The maximum absolute atomic E-state index is 9.92. The maximum Gasteiger partial charge on any atom is 0.129 e. The number of hydrogen-bond acceptors (Lipinski definition) is 5. The van der Waals surface area contributed by atoms with Gasteiger partial charge in [-0.25, -0.2) is 0 Å². The van der Waals surface area contributed by atoms with E-state index in [1.165, 1.54) is 0 Å². The molecular weight excluding hydrogens is 260 g/mol. The third-order valence-electron chi connectivity index (χ3n) is 3.19. The Morgan fingerprint density at radius 1 is 0.750 bits per heavy atom. The van der Waals surface area contributed by atoms with Gasteiger partial charge in [-0.1, -0.05) is 0 Å². The van der Waals surface area contributed by atoms with Crippen molar-refractivity contribution in [1.82, 2.24) is 0 Å². The van der Waals surface area contributed by atoms with Crippen LogP contribution in [0.5, 0.6) is 0 Å². The second-order valence-corrected chi connectivity index (χ2v) is 4.78.